The van der Waals surface area contributed by atoms with E-state index in [1.54, 1.807) is 0 Å². The van der Waals surface area contributed by atoms with Crippen molar-refractivity contribution in [2.75, 3.05) is 25.9 Å². The van der Waals surface area contributed by atoms with E-state index in [1.807, 2.05) is 11.8 Å². The summed E-state index contributed by atoms with van der Waals surface area (Å²) >= 11 is 1.95. The summed E-state index contributed by atoms with van der Waals surface area (Å²) < 4.78 is 0.319. The van der Waals surface area contributed by atoms with Crippen LogP contribution in [0.15, 0.2) is 0 Å². The van der Waals surface area contributed by atoms with Gasteiger partial charge in [0.1, 0.15) is 0 Å². The van der Waals surface area contributed by atoms with Gasteiger partial charge in [-0.3, -0.25) is 4.79 Å². The lowest BCUT2D eigenvalue weighted by Gasteiger charge is -2.36. The Kier molecular flexibility index (Phi) is 4.74. The molecule has 1 heterocycles. The molecule has 1 saturated heterocycles. The third-order valence-corrected chi connectivity index (χ3v) is 5.63. The molecular formula is C13H24N2OS. The topological polar surface area (TPSA) is 41.1 Å². The van der Waals surface area contributed by atoms with Crippen molar-refractivity contribution in [2.24, 2.45) is 5.92 Å². The second-order valence-corrected chi connectivity index (χ2v) is 6.63. The molecular weight excluding hydrogens is 232 g/mol. The van der Waals surface area contributed by atoms with Gasteiger partial charge in [0.25, 0.3) is 0 Å². The Hall–Kier alpha value is -0.220. The van der Waals surface area contributed by atoms with Gasteiger partial charge in [-0.25, -0.2) is 0 Å². The molecule has 2 rings (SSSR count). The molecule has 0 aromatic heterocycles. The molecule has 1 aliphatic carbocycles. The van der Waals surface area contributed by atoms with Crippen LogP contribution in [-0.4, -0.2) is 36.5 Å². The Morgan fingerprint density at radius 3 is 2.76 bits per heavy atom. The number of amides is 1. The van der Waals surface area contributed by atoms with Crippen molar-refractivity contribution in [3.05, 3.63) is 0 Å². The van der Waals surface area contributed by atoms with Crippen LogP contribution in [0.4, 0.5) is 0 Å². The van der Waals surface area contributed by atoms with Crippen molar-refractivity contribution in [3.8, 4) is 0 Å². The molecule has 1 atom stereocenters. The highest BCUT2D eigenvalue weighted by Gasteiger charge is 2.32. The van der Waals surface area contributed by atoms with E-state index in [4.69, 9.17) is 0 Å². The second-order valence-electron chi connectivity index (χ2n) is 5.36. The van der Waals surface area contributed by atoms with Gasteiger partial charge in [0, 0.05) is 17.8 Å². The van der Waals surface area contributed by atoms with Crippen molar-refractivity contribution in [1.82, 2.24) is 10.6 Å². The predicted molar refractivity (Wildman–Crippen MR) is 73.3 cm³/mol. The van der Waals surface area contributed by atoms with Gasteiger partial charge in [0.15, 0.2) is 0 Å². The number of carbonyl (C=O) groups is 1. The molecule has 0 radical (unpaired) electrons. The fraction of sp³-hybridized carbons (Fsp3) is 0.923. The molecule has 1 aliphatic heterocycles. The van der Waals surface area contributed by atoms with E-state index < -0.39 is 0 Å². The monoisotopic (exact) mass is 256 g/mol. The molecule has 3 nitrogen and oxygen atoms in total. The normalized spacial score (nSPS) is 27.9. The molecule has 0 spiro atoms. The fourth-order valence-electron chi connectivity index (χ4n) is 2.92. The molecule has 98 valence electrons. The molecule has 0 bridgehead atoms. The maximum absolute atomic E-state index is 12.0. The molecule has 1 saturated carbocycles. The molecule has 2 N–H and O–H groups in total. The number of thioether (sulfide) groups is 1. The fourth-order valence-corrected chi connectivity index (χ4v) is 3.83. The lowest BCUT2D eigenvalue weighted by Crippen LogP contribution is -2.44. The summed E-state index contributed by atoms with van der Waals surface area (Å²) in [6, 6.07) is 0. The maximum atomic E-state index is 12.0. The minimum atomic E-state index is 0.206. The first-order valence-electron chi connectivity index (χ1n) is 6.79. The zero-order valence-electron chi connectivity index (χ0n) is 10.8. The summed E-state index contributed by atoms with van der Waals surface area (Å²) in [6.07, 6.45) is 9.72. The molecule has 2 aliphatic rings. The predicted octanol–water partition coefficient (Wildman–Crippen LogP) is 1.78. The summed E-state index contributed by atoms with van der Waals surface area (Å²) in [6.45, 7) is 2.72. The van der Waals surface area contributed by atoms with E-state index in [0.29, 0.717) is 4.75 Å². The van der Waals surface area contributed by atoms with E-state index in [0.717, 1.165) is 26.1 Å². The summed E-state index contributed by atoms with van der Waals surface area (Å²) in [5.41, 5.74) is 0. The van der Waals surface area contributed by atoms with Gasteiger partial charge < -0.3 is 10.6 Å². The van der Waals surface area contributed by atoms with Gasteiger partial charge in [-0.15, -0.1) is 0 Å². The van der Waals surface area contributed by atoms with Gasteiger partial charge in [-0.05, 0) is 32.1 Å². The Balaban J connectivity index is 1.80. The second kappa shape index (κ2) is 6.10. The van der Waals surface area contributed by atoms with Crippen molar-refractivity contribution in [1.29, 1.82) is 0 Å². The van der Waals surface area contributed by atoms with Gasteiger partial charge in [-0.2, -0.15) is 11.8 Å². The first-order valence-corrected chi connectivity index (χ1v) is 8.02. The Bertz CT molecular complexity index is 258. The molecule has 4 heteroatoms. The summed E-state index contributed by atoms with van der Waals surface area (Å²) in [7, 11) is 0. The van der Waals surface area contributed by atoms with Crippen LogP contribution < -0.4 is 10.6 Å². The van der Waals surface area contributed by atoms with Crippen LogP contribution in [0.2, 0.25) is 0 Å². The Labute approximate surface area is 108 Å². The van der Waals surface area contributed by atoms with Crippen LogP contribution in [0, 0.1) is 5.92 Å². The van der Waals surface area contributed by atoms with Crippen LogP contribution in [0.3, 0.4) is 0 Å². The average Bonchev–Trinajstić information content (AvgIpc) is 2.91. The van der Waals surface area contributed by atoms with E-state index in [9.17, 15) is 4.79 Å². The first kappa shape index (κ1) is 13.2. The minimum absolute atomic E-state index is 0.206. The SMILES string of the molecule is CSC1(CNC(=O)C2CCNC2)CCCCC1. The van der Waals surface area contributed by atoms with E-state index in [-0.39, 0.29) is 11.8 Å². The molecule has 17 heavy (non-hydrogen) atoms. The van der Waals surface area contributed by atoms with E-state index >= 15 is 0 Å². The van der Waals surface area contributed by atoms with Crippen molar-refractivity contribution < 1.29 is 4.79 Å². The van der Waals surface area contributed by atoms with Crippen molar-refractivity contribution >= 4 is 17.7 Å². The summed E-state index contributed by atoms with van der Waals surface area (Å²) in [4.78, 5) is 12.0. The Morgan fingerprint density at radius 1 is 1.41 bits per heavy atom. The molecule has 2 fully saturated rings. The van der Waals surface area contributed by atoms with Crippen LogP contribution >= 0.6 is 11.8 Å². The highest BCUT2D eigenvalue weighted by Crippen LogP contribution is 2.37. The standard InChI is InChI=1S/C13H24N2OS/c1-17-13(6-3-2-4-7-13)10-15-12(16)11-5-8-14-9-11/h11,14H,2-10H2,1H3,(H,15,16). The number of hydrogen-bond acceptors (Lipinski definition) is 3. The third-order valence-electron chi connectivity index (χ3n) is 4.21. The van der Waals surface area contributed by atoms with Crippen LogP contribution in [-0.2, 0) is 4.79 Å². The zero-order valence-corrected chi connectivity index (χ0v) is 11.6. The van der Waals surface area contributed by atoms with Gasteiger partial charge in [0.05, 0.1) is 5.92 Å². The lowest BCUT2D eigenvalue weighted by molar-refractivity contribution is -0.124. The number of carbonyl (C=O) groups excluding carboxylic acids is 1. The smallest absolute Gasteiger partial charge is 0.224 e. The largest absolute Gasteiger partial charge is 0.354 e. The van der Waals surface area contributed by atoms with Gasteiger partial charge in [0.2, 0.25) is 5.91 Å². The van der Waals surface area contributed by atoms with Crippen LogP contribution in [0.5, 0.6) is 0 Å². The molecule has 0 aromatic rings. The maximum Gasteiger partial charge on any atom is 0.224 e. The van der Waals surface area contributed by atoms with Gasteiger partial charge in [-0.1, -0.05) is 19.3 Å². The zero-order chi connectivity index (χ0) is 12.1. The number of hydrogen-bond donors (Lipinski definition) is 2. The highest BCUT2D eigenvalue weighted by molar-refractivity contribution is 8.00. The molecule has 0 aromatic carbocycles. The lowest BCUT2D eigenvalue weighted by atomic mass is 9.88. The summed E-state index contributed by atoms with van der Waals surface area (Å²) in [5, 5.41) is 6.43. The van der Waals surface area contributed by atoms with Gasteiger partial charge >= 0.3 is 0 Å². The van der Waals surface area contributed by atoms with E-state index in [1.165, 1.54) is 32.1 Å². The highest BCUT2D eigenvalue weighted by atomic mass is 32.2. The Morgan fingerprint density at radius 2 is 2.18 bits per heavy atom. The molecule has 1 amide bonds. The summed E-state index contributed by atoms with van der Waals surface area (Å²) in [5.74, 6) is 0.464. The first-order chi connectivity index (χ1) is 8.26. The van der Waals surface area contributed by atoms with Crippen LogP contribution in [0.1, 0.15) is 38.5 Å². The minimum Gasteiger partial charge on any atom is -0.354 e. The number of nitrogens with one attached hydrogen (secondary N) is 2. The van der Waals surface area contributed by atoms with Crippen molar-refractivity contribution in [3.63, 3.8) is 0 Å². The third kappa shape index (κ3) is 3.38. The van der Waals surface area contributed by atoms with Crippen molar-refractivity contribution in [2.45, 2.75) is 43.3 Å². The van der Waals surface area contributed by atoms with Crippen LogP contribution in [0.25, 0.3) is 0 Å². The average molecular weight is 256 g/mol. The van der Waals surface area contributed by atoms with E-state index in [2.05, 4.69) is 16.9 Å². The number of rotatable bonds is 4. The quantitative estimate of drug-likeness (QED) is 0.805. The molecule has 1 unspecified atom stereocenters.